The first-order chi connectivity index (χ1) is 9.28. The lowest BCUT2D eigenvalue weighted by Gasteiger charge is -2.11. The largest absolute Gasteiger partial charge is 0.308 e. The number of nitrogens with two attached hydrogens (primary N) is 1. The Morgan fingerprint density at radius 3 is 2.74 bits per heavy atom. The molecule has 2 aromatic heterocycles. The highest BCUT2D eigenvalue weighted by Crippen LogP contribution is 2.36. The van der Waals surface area contributed by atoms with Crippen LogP contribution in [0.15, 0.2) is 22.0 Å². The highest BCUT2D eigenvalue weighted by atomic mass is 79.9. The minimum absolute atomic E-state index is 0.549. The topological polar surface area (TPSA) is 63.8 Å². The van der Waals surface area contributed by atoms with Gasteiger partial charge in [-0.2, -0.15) is 0 Å². The summed E-state index contributed by atoms with van der Waals surface area (Å²) in [4.78, 5) is 10.3. The fourth-order valence-corrected chi connectivity index (χ4v) is 4.01. The highest BCUT2D eigenvalue weighted by Gasteiger charge is 2.21. The Bertz CT molecular complexity index is 578. The van der Waals surface area contributed by atoms with Gasteiger partial charge in [0.15, 0.2) is 5.82 Å². The van der Waals surface area contributed by atoms with Crippen LogP contribution in [-0.4, -0.2) is 9.97 Å². The molecular formula is C13H15BrN4S. The number of hydrazine groups is 1. The maximum Gasteiger partial charge on any atom is 0.173 e. The van der Waals surface area contributed by atoms with E-state index in [2.05, 4.69) is 26.3 Å². The van der Waals surface area contributed by atoms with E-state index in [-0.39, 0.29) is 0 Å². The number of thiophene rings is 1. The lowest BCUT2D eigenvalue weighted by molar-refractivity contribution is 0.696. The first kappa shape index (κ1) is 13.0. The first-order valence-electron chi connectivity index (χ1n) is 6.37. The van der Waals surface area contributed by atoms with Crippen molar-refractivity contribution in [3.8, 4) is 10.7 Å². The number of hydrogen-bond donors (Lipinski definition) is 2. The zero-order chi connectivity index (χ0) is 13.2. The smallest absolute Gasteiger partial charge is 0.173 e. The van der Waals surface area contributed by atoms with Crippen LogP contribution in [0.2, 0.25) is 0 Å². The molecule has 0 aliphatic heterocycles. The maximum atomic E-state index is 5.53. The molecule has 4 nitrogen and oxygen atoms in total. The Balaban J connectivity index is 2.04. The zero-order valence-electron chi connectivity index (χ0n) is 10.4. The fraction of sp³-hybridized carbons (Fsp3) is 0.385. The van der Waals surface area contributed by atoms with Gasteiger partial charge in [-0.1, -0.05) is 12.8 Å². The fourth-order valence-electron chi connectivity index (χ4n) is 2.53. The molecule has 2 aromatic rings. The van der Waals surface area contributed by atoms with Crippen LogP contribution in [0.3, 0.4) is 0 Å². The van der Waals surface area contributed by atoms with E-state index in [0.29, 0.717) is 11.7 Å². The molecule has 0 saturated heterocycles. The molecule has 19 heavy (non-hydrogen) atoms. The Morgan fingerprint density at radius 1 is 1.32 bits per heavy atom. The Kier molecular flexibility index (Phi) is 3.81. The predicted molar refractivity (Wildman–Crippen MR) is 82.1 cm³/mol. The third kappa shape index (κ3) is 2.66. The summed E-state index contributed by atoms with van der Waals surface area (Å²) in [5.41, 5.74) is 3.76. The maximum absolute atomic E-state index is 5.53. The van der Waals surface area contributed by atoms with E-state index in [4.69, 9.17) is 10.8 Å². The third-order valence-electron chi connectivity index (χ3n) is 3.49. The van der Waals surface area contributed by atoms with Crippen LogP contribution in [0.4, 0.5) is 5.82 Å². The number of hydrogen-bond acceptors (Lipinski definition) is 5. The summed E-state index contributed by atoms with van der Waals surface area (Å²) >= 11 is 5.17. The molecule has 0 spiro atoms. The van der Waals surface area contributed by atoms with Crippen LogP contribution in [0.5, 0.6) is 0 Å². The molecule has 1 fully saturated rings. The average molecular weight is 339 g/mol. The molecule has 3 rings (SSSR count). The molecule has 100 valence electrons. The van der Waals surface area contributed by atoms with Crippen molar-refractivity contribution >= 4 is 33.1 Å². The van der Waals surface area contributed by atoms with Gasteiger partial charge in [0.05, 0.1) is 4.88 Å². The monoisotopic (exact) mass is 338 g/mol. The van der Waals surface area contributed by atoms with Crippen LogP contribution >= 0.6 is 27.3 Å². The second kappa shape index (κ2) is 5.56. The van der Waals surface area contributed by atoms with Gasteiger partial charge in [-0.15, -0.1) is 11.3 Å². The molecule has 2 heterocycles. The van der Waals surface area contributed by atoms with Gasteiger partial charge < -0.3 is 5.43 Å². The lowest BCUT2D eigenvalue weighted by Crippen LogP contribution is -2.11. The number of rotatable bonds is 3. The van der Waals surface area contributed by atoms with Gasteiger partial charge in [0.2, 0.25) is 0 Å². The van der Waals surface area contributed by atoms with Crippen molar-refractivity contribution in [3.05, 3.63) is 27.7 Å². The molecule has 0 aromatic carbocycles. The Hall–Kier alpha value is -0.980. The Labute approximate surface area is 124 Å². The average Bonchev–Trinajstić information content (AvgIpc) is 3.09. The van der Waals surface area contributed by atoms with Crippen molar-refractivity contribution in [2.45, 2.75) is 31.6 Å². The van der Waals surface area contributed by atoms with E-state index in [1.165, 1.54) is 25.7 Å². The summed E-state index contributed by atoms with van der Waals surface area (Å²) in [7, 11) is 0. The normalized spacial score (nSPS) is 15.9. The summed E-state index contributed by atoms with van der Waals surface area (Å²) < 4.78 is 1.03. The highest BCUT2D eigenvalue weighted by molar-refractivity contribution is 9.10. The van der Waals surface area contributed by atoms with Crippen molar-refractivity contribution in [1.29, 1.82) is 0 Å². The third-order valence-corrected chi connectivity index (χ3v) is 5.32. The molecule has 0 atom stereocenters. The molecule has 1 saturated carbocycles. The predicted octanol–water partition coefficient (Wildman–Crippen LogP) is 3.91. The molecule has 0 radical (unpaired) electrons. The number of aromatic nitrogens is 2. The minimum atomic E-state index is 0.549. The molecular weight excluding hydrogens is 324 g/mol. The van der Waals surface area contributed by atoms with Crippen molar-refractivity contribution in [1.82, 2.24) is 9.97 Å². The molecule has 0 unspecified atom stereocenters. The summed E-state index contributed by atoms with van der Waals surface area (Å²) in [6.07, 6.45) is 5.01. The van der Waals surface area contributed by atoms with Crippen molar-refractivity contribution in [2.24, 2.45) is 5.84 Å². The molecule has 1 aliphatic carbocycles. The van der Waals surface area contributed by atoms with E-state index in [0.717, 1.165) is 20.9 Å². The SMILES string of the molecule is NNc1cc(C2CCCC2)nc(-c2sccc2Br)n1. The van der Waals surface area contributed by atoms with E-state index in [9.17, 15) is 0 Å². The molecule has 6 heteroatoms. The van der Waals surface area contributed by atoms with Crippen molar-refractivity contribution in [3.63, 3.8) is 0 Å². The Morgan fingerprint density at radius 2 is 2.11 bits per heavy atom. The second-order valence-electron chi connectivity index (χ2n) is 4.73. The van der Waals surface area contributed by atoms with Gasteiger partial charge in [0.25, 0.3) is 0 Å². The van der Waals surface area contributed by atoms with E-state index in [1.807, 2.05) is 17.5 Å². The van der Waals surface area contributed by atoms with Gasteiger partial charge in [-0.05, 0) is 40.2 Å². The van der Waals surface area contributed by atoms with Crippen LogP contribution in [-0.2, 0) is 0 Å². The molecule has 0 amide bonds. The number of nitrogens with zero attached hydrogens (tertiary/aromatic N) is 2. The van der Waals surface area contributed by atoms with E-state index >= 15 is 0 Å². The van der Waals surface area contributed by atoms with Gasteiger partial charge in [-0.25, -0.2) is 15.8 Å². The number of anilines is 1. The number of nitrogen functional groups attached to an aromatic ring is 1. The van der Waals surface area contributed by atoms with Crippen LogP contribution in [0.1, 0.15) is 37.3 Å². The van der Waals surface area contributed by atoms with Gasteiger partial charge in [0.1, 0.15) is 5.82 Å². The van der Waals surface area contributed by atoms with Gasteiger partial charge in [0, 0.05) is 22.2 Å². The standard InChI is InChI=1S/C13H15BrN4S/c14-9-5-6-19-12(9)13-16-10(7-11(17-13)18-15)8-3-1-2-4-8/h5-8H,1-4,15H2,(H,16,17,18). The quantitative estimate of drug-likeness (QED) is 0.657. The van der Waals surface area contributed by atoms with E-state index in [1.54, 1.807) is 11.3 Å². The van der Waals surface area contributed by atoms with Crippen molar-refractivity contribution in [2.75, 3.05) is 5.43 Å². The summed E-state index contributed by atoms with van der Waals surface area (Å²) in [5.74, 6) is 7.51. The van der Waals surface area contributed by atoms with Crippen molar-refractivity contribution < 1.29 is 0 Å². The van der Waals surface area contributed by atoms with Gasteiger partial charge >= 0.3 is 0 Å². The summed E-state index contributed by atoms with van der Waals surface area (Å²) in [5, 5.41) is 2.03. The van der Waals surface area contributed by atoms with Gasteiger partial charge in [-0.3, -0.25) is 0 Å². The first-order valence-corrected chi connectivity index (χ1v) is 8.04. The van der Waals surface area contributed by atoms with Crippen LogP contribution < -0.4 is 11.3 Å². The lowest BCUT2D eigenvalue weighted by atomic mass is 10.0. The molecule has 0 bridgehead atoms. The number of halogens is 1. The van der Waals surface area contributed by atoms with Crippen LogP contribution in [0, 0.1) is 0 Å². The summed E-state index contributed by atoms with van der Waals surface area (Å²) in [6.45, 7) is 0. The van der Waals surface area contributed by atoms with Crippen LogP contribution in [0.25, 0.3) is 10.7 Å². The molecule has 1 aliphatic rings. The zero-order valence-corrected chi connectivity index (χ0v) is 12.8. The number of nitrogens with one attached hydrogen (secondary N) is 1. The second-order valence-corrected chi connectivity index (χ2v) is 6.50. The van der Waals surface area contributed by atoms with E-state index < -0.39 is 0 Å². The summed E-state index contributed by atoms with van der Waals surface area (Å²) in [6, 6.07) is 3.99. The minimum Gasteiger partial charge on any atom is -0.308 e. The molecule has 3 N–H and O–H groups in total.